The molecule has 8 nitrogen and oxygen atoms in total. The van der Waals surface area contributed by atoms with Crippen LogP contribution in [-0.2, 0) is 9.53 Å². The van der Waals surface area contributed by atoms with Gasteiger partial charge in [-0.15, -0.1) is 0 Å². The van der Waals surface area contributed by atoms with Crippen LogP contribution < -0.4 is 10.6 Å². The number of urea groups is 1. The summed E-state index contributed by atoms with van der Waals surface area (Å²) in [6, 6.07) is -1.05. The number of hydrogen-bond donors (Lipinski definition) is 4. The zero-order valence-electron chi connectivity index (χ0n) is 9.77. The van der Waals surface area contributed by atoms with E-state index in [4.69, 9.17) is 9.84 Å². The van der Waals surface area contributed by atoms with Gasteiger partial charge in [0.15, 0.2) is 0 Å². The van der Waals surface area contributed by atoms with E-state index in [2.05, 4.69) is 20.8 Å². The van der Waals surface area contributed by atoms with Gasteiger partial charge in [-0.05, 0) is 6.92 Å². The molecule has 1 fully saturated rings. The maximum Gasteiger partial charge on any atom is 0.319 e. The van der Waals surface area contributed by atoms with Crippen LogP contribution in [0.3, 0.4) is 0 Å². The quantitative estimate of drug-likeness (QED) is 0.606. The van der Waals surface area contributed by atoms with Crippen LogP contribution in [-0.4, -0.2) is 46.6 Å². The number of rotatable bonds is 3. The standard InChI is InChI=1S/C10H14N4O4/c1-10(8(15)16)5-18-4-7(10)14-9(17)13-6-2-11-12-3-6/h2-3,7H,4-5H2,1H3,(H,11,12)(H,15,16)(H2,13,14,17). The van der Waals surface area contributed by atoms with Gasteiger partial charge in [-0.1, -0.05) is 0 Å². The van der Waals surface area contributed by atoms with E-state index in [1.165, 1.54) is 12.4 Å². The molecule has 98 valence electrons. The van der Waals surface area contributed by atoms with E-state index in [1.807, 2.05) is 0 Å². The third-order valence-electron chi connectivity index (χ3n) is 3.01. The van der Waals surface area contributed by atoms with Crippen molar-refractivity contribution in [1.82, 2.24) is 15.5 Å². The van der Waals surface area contributed by atoms with E-state index in [0.717, 1.165) is 0 Å². The number of amides is 2. The minimum absolute atomic E-state index is 0.0823. The second kappa shape index (κ2) is 4.65. The highest BCUT2D eigenvalue weighted by atomic mass is 16.5. The average Bonchev–Trinajstić information content (AvgIpc) is 2.90. The summed E-state index contributed by atoms with van der Waals surface area (Å²) in [6.07, 6.45) is 2.96. The number of H-pyrrole nitrogens is 1. The molecule has 1 aliphatic rings. The maximum absolute atomic E-state index is 11.7. The van der Waals surface area contributed by atoms with Gasteiger partial charge in [-0.3, -0.25) is 9.89 Å². The van der Waals surface area contributed by atoms with E-state index in [9.17, 15) is 9.59 Å². The number of nitrogens with one attached hydrogen (secondary N) is 3. The molecule has 4 N–H and O–H groups in total. The molecular weight excluding hydrogens is 240 g/mol. The number of anilines is 1. The van der Waals surface area contributed by atoms with Crippen molar-refractivity contribution in [3.05, 3.63) is 12.4 Å². The van der Waals surface area contributed by atoms with Gasteiger partial charge in [0.1, 0.15) is 5.41 Å². The summed E-state index contributed by atoms with van der Waals surface area (Å²) in [6.45, 7) is 1.81. The average molecular weight is 254 g/mol. The van der Waals surface area contributed by atoms with Crippen LogP contribution in [0.25, 0.3) is 0 Å². The Balaban J connectivity index is 1.96. The number of carboxylic acid groups (broad SMARTS) is 1. The zero-order valence-corrected chi connectivity index (χ0v) is 9.77. The van der Waals surface area contributed by atoms with Crippen LogP contribution in [0.5, 0.6) is 0 Å². The van der Waals surface area contributed by atoms with Gasteiger partial charge in [0.25, 0.3) is 0 Å². The number of ether oxygens (including phenoxy) is 1. The Morgan fingerprint density at radius 1 is 1.67 bits per heavy atom. The molecule has 2 atom stereocenters. The third-order valence-corrected chi connectivity index (χ3v) is 3.01. The van der Waals surface area contributed by atoms with Crippen LogP contribution in [0.15, 0.2) is 12.4 Å². The molecule has 2 rings (SSSR count). The number of carbonyl (C=O) groups excluding carboxylic acids is 1. The molecule has 18 heavy (non-hydrogen) atoms. The Bertz CT molecular complexity index is 447. The monoisotopic (exact) mass is 254 g/mol. The summed E-state index contributed by atoms with van der Waals surface area (Å²) in [4.78, 5) is 22.8. The van der Waals surface area contributed by atoms with Gasteiger partial charge in [0, 0.05) is 6.20 Å². The first-order valence-electron chi connectivity index (χ1n) is 5.40. The highest BCUT2D eigenvalue weighted by molar-refractivity contribution is 5.89. The first-order valence-corrected chi connectivity index (χ1v) is 5.40. The highest BCUT2D eigenvalue weighted by Crippen LogP contribution is 2.28. The molecule has 0 aliphatic carbocycles. The first kappa shape index (κ1) is 12.4. The van der Waals surface area contributed by atoms with E-state index in [0.29, 0.717) is 5.69 Å². The molecule has 1 aliphatic heterocycles. The molecule has 0 saturated carbocycles. The van der Waals surface area contributed by atoms with Gasteiger partial charge in [0.05, 0.1) is 31.1 Å². The fraction of sp³-hybridized carbons (Fsp3) is 0.500. The van der Waals surface area contributed by atoms with Crippen LogP contribution in [0, 0.1) is 5.41 Å². The summed E-state index contributed by atoms with van der Waals surface area (Å²) in [7, 11) is 0. The van der Waals surface area contributed by atoms with Gasteiger partial charge in [-0.2, -0.15) is 5.10 Å². The molecule has 2 unspecified atom stereocenters. The predicted molar refractivity (Wildman–Crippen MR) is 61.1 cm³/mol. The minimum Gasteiger partial charge on any atom is -0.481 e. The Labute approximate surface area is 103 Å². The van der Waals surface area contributed by atoms with Gasteiger partial charge in [0.2, 0.25) is 0 Å². The van der Waals surface area contributed by atoms with Crippen LogP contribution in [0.2, 0.25) is 0 Å². The third kappa shape index (κ3) is 2.28. The van der Waals surface area contributed by atoms with Crippen LogP contribution >= 0.6 is 0 Å². The largest absolute Gasteiger partial charge is 0.481 e. The molecule has 8 heteroatoms. The van der Waals surface area contributed by atoms with Crippen LogP contribution in [0.1, 0.15) is 6.92 Å². The van der Waals surface area contributed by atoms with Gasteiger partial charge in [-0.25, -0.2) is 4.79 Å². The van der Waals surface area contributed by atoms with Crippen molar-refractivity contribution in [2.75, 3.05) is 18.5 Å². The van der Waals surface area contributed by atoms with E-state index < -0.39 is 23.5 Å². The number of carbonyl (C=O) groups is 2. The van der Waals surface area contributed by atoms with Crippen molar-refractivity contribution in [1.29, 1.82) is 0 Å². The number of hydrogen-bond acceptors (Lipinski definition) is 4. The highest BCUT2D eigenvalue weighted by Gasteiger charge is 2.47. The van der Waals surface area contributed by atoms with Crippen molar-refractivity contribution in [3.8, 4) is 0 Å². The molecule has 2 amide bonds. The van der Waals surface area contributed by atoms with Gasteiger partial charge < -0.3 is 20.5 Å². The Kier molecular flexibility index (Phi) is 3.19. The maximum atomic E-state index is 11.7. The van der Waals surface area contributed by atoms with Crippen molar-refractivity contribution < 1.29 is 19.4 Å². The molecule has 1 saturated heterocycles. The fourth-order valence-corrected chi connectivity index (χ4v) is 1.73. The summed E-state index contributed by atoms with van der Waals surface area (Å²) < 4.78 is 5.13. The second-order valence-electron chi connectivity index (χ2n) is 4.38. The minimum atomic E-state index is -1.10. The van der Waals surface area contributed by atoms with Crippen molar-refractivity contribution in [2.24, 2.45) is 5.41 Å². The number of nitrogens with zero attached hydrogens (tertiary/aromatic N) is 1. The number of aliphatic carboxylic acids is 1. The van der Waals surface area contributed by atoms with Crippen LogP contribution in [0.4, 0.5) is 10.5 Å². The Morgan fingerprint density at radius 2 is 2.44 bits per heavy atom. The molecule has 0 aromatic carbocycles. The molecule has 2 heterocycles. The van der Waals surface area contributed by atoms with Crippen molar-refractivity contribution in [3.63, 3.8) is 0 Å². The smallest absolute Gasteiger partial charge is 0.319 e. The summed E-state index contributed by atoms with van der Waals surface area (Å²) in [5, 5.41) is 20.5. The fourth-order valence-electron chi connectivity index (χ4n) is 1.73. The van der Waals surface area contributed by atoms with Gasteiger partial charge >= 0.3 is 12.0 Å². The summed E-state index contributed by atoms with van der Waals surface area (Å²) in [5.74, 6) is -0.992. The second-order valence-corrected chi connectivity index (χ2v) is 4.38. The lowest BCUT2D eigenvalue weighted by molar-refractivity contribution is -0.148. The normalized spacial score (nSPS) is 26.8. The summed E-state index contributed by atoms with van der Waals surface area (Å²) in [5.41, 5.74) is -0.600. The molecule has 0 bridgehead atoms. The SMILES string of the molecule is CC1(C(=O)O)COCC1NC(=O)Nc1cn[nH]c1. The lowest BCUT2D eigenvalue weighted by atomic mass is 9.85. The Morgan fingerprint density at radius 3 is 3.06 bits per heavy atom. The molecular formula is C10H14N4O4. The van der Waals surface area contributed by atoms with E-state index >= 15 is 0 Å². The molecule has 1 aromatic heterocycles. The van der Waals surface area contributed by atoms with E-state index in [-0.39, 0.29) is 13.2 Å². The molecule has 1 aromatic rings. The number of carboxylic acids is 1. The number of aromatic nitrogens is 2. The van der Waals surface area contributed by atoms with Crippen molar-refractivity contribution in [2.45, 2.75) is 13.0 Å². The first-order chi connectivity index (χ1) is 8.52. The molecule has 0 spiro atoms. The van der Waals surface area contributed by atoms with Crippen molar-refractivity contribution >= 4 is 17.7 Å². The zero-order chi connectivity index (χ0) is 13.2. The predicted octanol–water partition coefficient (Wildman–Crippen LogP) is 0.0209. The lowest BCUT2D eigenvalue weighted by Crippen LogP contribution is -2.50. The number of aromatic amines is 1. The summed E-state index contributed by atoms with van der Waals surface area (Å²) >= 11 is 0. The topological polar surface area (TPSA) is 116 Å². The van der Waals surface area contributed by atoms with E-state index in [1.54, 1.807) is 6.92 Å². The lowest BCUT2D eigenvalue weighted by Gasteiger charge is -2.25. The Hall–Kier alpha value is -2.09. The molecule has 0 radical (unpaired) electrons.